The van der Waals surface area contributed by atoms with E-state index in [1.807, 2.05) is 20.8 Å². The average Bonchev–Trinajstić information content (AvgIpc) is 3.30. The molecule has 3 aromatic rings. The summed E-state index contributed by atoms with van der Waals surface area (Å²) in [6, 6.07) is 2.85. The lowest BCUT2D eigenvalue weighted by atomic mass is 9.91. The van der Waals surface area contributed by atoms with Crippen molar-refractivity contribution in [3.63, 3.8) is 0 Å². The van der Waals surface area contributed by atoms with Crippen LogP contribution < -0.4 is 10.1 Å². The first-order chi connectivity index (χ1) is 18.8. The van der Waals surface area contributed by atoms with Crippen molar-refractivity contribution in [1.29, 1.82) is 0 Å². The van der Waals surface area contributed by atoms with Crippen molar-refractivity contribution < 1.29 is 33.3 Å². The van der Waals surface area contributed by atoms with Gasteiger partial charge in [0.1, 0.15) is 0 Å². The van der Waals surface area contributed by atoms with E-state index in [9.17, 15) is 14.7 Å². The van der Waals surface area contributed by atoms with Crippen molar-refractivity contribution >= 4 is 17.5 Å². The first-order valence-corrected chi connectivity index (χ1v) is 13.4. The molecule has 40 heavy (non-hydrogen) atoms. The van der Waals surface area contributed by atoms with E-state index < -0.39 is 29.4 Å². The van der Waals surface area contributed by atoms with Gasteiger partial charge in [-0.15, -0.1) is 0 Å². The lowest BCUT2D eigenvalue weighted by Crippen LogP contribution is -2.29. The van der Waals surface area contributed by atoms with Crippen molar-refractivity contribution in [3.05, 3.63) is 46.0 Å². The highest BCUT2D eigenvalue weighted by Gasteiger charge is 2.34. The molecule has 4 rings (SSSR count). The van der Waals surface area contributed by atoms with E-state index in [-0.39, 0.29) is 29.7 Å². The number of hydrogen-bond acceptors (Lipinski definition) is 7. The zero-order valence-electron chi connectivity index (χ0n) is 24.1. The summed E-state index contributed by atoms with van der Waals surface area (Å²) in [5.74, 6) is -2.01. The van der Waals surface area contributed by atoms with Crippen molar-refractivity contribution in [1.82, 2.24) is 19.9 Å². The number of carboxylic acids is 1. The van der Waals surface area contributed by atoms with Crippen LogP contribution in [0.15, 0.2) is 12.1 Å². The Hall–Kier alpha value is -3.57. The predicted octanol–water partition coefficient (Wildman–Crippen LogP) is 4.57. The van der Waals surface area contributed by atoms with Crippen LogP contribution >= 0.6 is 0 Å². The fourth-order valence-electron chi connectivity index (χ4n) is 4.86. The molecular formula is C29H37FN4O6. The van der Waals surface area contributed by atoms with Gasteiger partial charge >= 0.3 is 5.97 Å². The Balaban J connectivity index is 1.94. The maximum Gasteiger partial charge on any atom is 0.337 e. The molecule has 0 saturated carbocycles. The molecule has 0 saturated heterocycles. The van der Waals surface area contributed by atoms with Gasteiger partial charge in [-0.05, 0) is 72.9 Å². The molecule has 10 nitrogen and oxygen atoms in total. The molecule has 11 heteroatoms. The van der Waals surface area contributed by atoms with E-state index in [2.05, 4.69) is 15.4 Å². The van der Waals surface area contributed by atoms with Crippen LogP contribution in [0.5, 0.6) is 5.75 Å². The molecule has 0 radical (unpaired) electrons. The summed E-state index contributed by atoms with van der Waals surface area (Å²) in [6.45, 7) is 13.6. The summed E-state index contributed by atoms with van der Waals surface area (Å²) < 4.78 is 34.0. The molecule has 1 aliphatic rings. The third-order valence-electron chi connectivity index (χ3n) is 6.55. The number of aryl methyl sites for hydroxylation is 1. The molecule has 1 atom stereocenters. The van der Waals surface area contributed by atoms with Gasteiger partial charge in [-0.1, -0.05) is 0 Å². The third kappa shape index (κ3) is 6.10. The maximum absolute atomic E-state index is 15.4. The van der Waals surface area contributed by atoms with Crippen molar-refractivity contribution in [2.75, 3.05) is 19.8 Å². The van der Waals surface area contributed by atoms with Gasteiger partial charge in [0.2, 0.25) is 0 Å². The van der Waals surface area contributed by atoms with Gasteiger partial charge in [0.15, 0.2) is 29.0 Å². The number of hydrogen-bond donors (Lipinski definition) is 2. The minimum absolute atomic E-state index is 0.0309. The fraction of sp³-hybridized carbons (Fsp3) is 0.517. The number of rotatable bonds is 9. The normalized spacial score (nSPS) is 14.2. The molecule has 1 amide bonds. The van der Waals surface area contributed by atoms with Crippen LogP contribution in [0, 0.1) is 19.7 Å². The number of carbonyl (C=O) groups is 2. The minimum atomic E-state index is -1.43. The standard InChI is InChI=1S/C29H37FN4O6/c1-15(2)38-12-10-31-27(35)21-14-22-32-17(4)23(26(28(36)37)40-29(5,6)7)24(34(22)33-21)19-13-20(30)25-18(16(19)3)9-8-11-39-25/h13-15,26H,8-12H2,1-7H3,(H,31,35)(H,36,37). The number of nitrogens with one attached hydrogen (secondary N) is 1. The Bertz CT molecular complexity index is 1440. The van der Waals surface area contributed by atoms with Gasteiger partial charge in [0, 0.05) is 35.0 Å². The minimum Gasteiger partial charge on any atom is -0.490 e. The van der Waals surface area contributed by atoms with E-state index in [1.165, 1.54) is 16.6 Å². The van der Waals surface area contributed by atoms with Crippen LogP contribution in [0.3, 0.4) is 0 Å². The number of aliphatic carboxylic acids is 1. The Kier molecular flexibility index (Phi) is 8.46. The molecule has 3 heterocycles. The molecule has 2 N–H and O–H groups in total. The number of carbonyl (C=O) groups excluding carboxylic acids is 1. The second-order valence-corrected chi connectivity index (χ2v) is 11.2. The predicted molar refractivity (Wildman–Crippen MR) is 146 cm³/mol. The van der Waals surface area contributed by atoms with Crippen molar-refractivity contribution in [2.45, 2.75) is 79.1 Å². The first-order valence-electron chi connectivity index (χ1n) is 13.4. The van der Waals surface area contributed by atoms with Crippen molar-refractivity contribution in [2.24, 2.45) is 0 Å². The van der Waals surface area contributed by atoms with Gasteiger partial charge in [-0.3, -0.25) is 4.79 Å². The van der Waals surface area contributed by atoms with Crippen LogP contribution in [0.25, 0.3) is 16.9 Å². The van der Waals surface area contributed by atoms with Crippen LogP contribution in [-0.2, 0) is 20.7 Å². The number of aromatic nitrogens is 3. The smallest absolute Gasteiger partial charge is 0.337 e. The van der Waals surface area contributed by atoms with E-state index in [0.717, 1.165) is 12.0 Å². The maximum atomic E-state index is 15.4. The van der Waals surface area contributed by atoms with E-state index in [4.69, 9.17) is 14.2 Å². The Labute approximate surface area is 232 Å². The molecule has 0 spiro atoms. The highest BCUT2D eigenvalue weighted by molar-refractivity contribution is 5.93. The number of amides is 1. The summed E-state index contributed by atoms with van der Waals surface area (Å²) in [6.07, 6.45) is -0.0634. The number of fused-ring (bicyclic) bond motifs is 2. The van der Waals surface area contributed by atoms with E-state index >= 15 is 4.39 Å². The topological polar surface area (TPSA) is 124 Å². The molecule has 1 aliphatic heterocycles. The lowest BCUT2D eigenvalue weighted by molar-refractivity contribution is -0.160. The van der Waals surface area contributed by atoms with E-state index in [0.29, 0.717) is 47.8 Å². The van der Waals surface area contributed by atoms with Crippen LogP contribution in [0.2, 0.25) is 0 Å². The number of halogens is 1. The van der Waals surface area contributed by atoms with Gasteiger partial charge in [0.05, 0.1) is 30.6 Å². The molecule has 2 aromatic heterocycles. The highest BCUT2D eigenvalue weighted by atomic mass is 19.1. The largest absolute Gasteiger partial charge is 0.490 e. The van der Waals surface area contributed by atoms with Crippen LogP contribution in [0.1, 0.15) is 80.0 Å². The zero-order valence-corrected chi connectivity index (χ0v) is 24.1. The third-order valence-corrected chi connectivity index (χ3v) is 6.55. The van der Waals surface area contributed by atoms with Crippen LogP contribution in [-0.4, -0.2) is 63.0 Å². The Morgan fingerprint density at radius 2 is 1.98 bits per heavy atom. The number of nitrogens with zero attached hydrogens (tertiary/aromatic N) is 3. The molecule has 0 bridgehead atoms. The highest BCUT2D eigenvalue weighted by Crippen LogP contribution is 2.41. The first kappa shape index (κ1) is 29.4. The average molecular weight is 557 g/mol. The van der Waals surface area contributed by atoms with Crippen LogP contribution in [0.4, 0.5) is 4.39 Å². The lowest BCUT2D eigenvalue weighted by Gasteiger charge is -2.28. The monoisotopic (exact) mass is 556 g/mol. The number of carboxylic acid groups (broad SMARTS) is 1. The van der Waals surface area contributed by atoms with Gasteiger partial charge in [-0.25, -0.2) is 18.7 Å². The Morgan fingerprint density at radius 1 is 1.25 bits per heavy atom. The molecule has 1 unspecified atom stereocenters. The summed E-state index contributed by atoms with van der Waals surface area (Å²) in [5, 5.41) is 17.6. The summed E-state index contributed by atoms with van der Waals surface area (Å²) in [7, 11) is 0. The summed E-state index contributed by atoms with van der Waals surface area (Å²) >= 11 is 0. The summed E-state index contributed by atoms with van der Waals surface area (Å²) in [5.41, 5.74) is 2.34. The summed E-state index contributed by atoms with van der Waals surface area (Å²) in [4.78, 5) is 30.1. The van der Waals surface area contributed by atoms with Crippen molar-refractivity contribution in [3.8, 4) is 17.0 Å². The van der Waals surface area contributed by atoms with Gasteiger partial charge in [0.25, 0.3) is 5.91 Å². The quantitative estimate of drug-likeness (QED) is 0.367. The molecule has 1 aromatic carbocycles. The van der Waals surface area contributed by atoms with Gasteiger partial charge in [-0.2, -0.15) is 5.10 Å². The molecular weight excluding hydrogens is 519 g/mol. The second kappa shape index (κ2) is 11.5. The number of ether oxygens (including phenoxy) is 3. The molecule has 0 fully saturated rings. The Morgan fingerprint density at radius 3 is 2.62 bits per heavy atom. The fourth-order valence-corrected chi connectivity index (χ4v) is 4.86. The zero-order chi connectivity index (χ0) is 29.4. The van der Waals surface area contributed by atoms with Gasteiger partial charge < -0.3 is 24.6 Å². The van der Waals surface area contributed by atoms with E-state index in [1.54, 1.807) is 27.7 Å². The SMILES string of the molecule is Cc1nc2cc(C(=O)NCCOC(C)C)nn2c(-c2cc(F)c3c(c2C)CCCO3)c1C(OC(C)(C)C)C(=O)O. The molecule has 0 aliphatic carbocycles. The second-order valence-electron chi connectivity index (χ2n) is 11.2. The number of benzene rings is 1. The molecule has 216 valence electrons.